The van der Waals surface area contributed by atoms with E-state index in [0.29, 0.717) is 24.4 Å². The van der Waals surface area contributed by atoms with Gasteiger partial charge in [0.05, 0.1) is 17.6 Å². The van der Waals surface area contributed by atoms with Crippen LogP contribution in [0.1, 0.15) is 17.0 Å². The number of aryl methyl sites for hydroxylation is 1. The molecule has 0 saturated carbocycles. The molecule has 4 nitrogen and oxygen atoms in total. The Hall–Kier alpha value is -2.40. The topological polar surface area (TPSA) is 52.1 Å². The zero-order valence-electron chi connectivity index (χ0n) is 12.6. The zero-order valence-corrected chi connectivity index (χ0v) is 12.6. The predicted octanol–water partition coefficient (Wildman–Crippen LogP) is 3.35. The number of nitrogens with one attached hydrogen (secondary N) is 1. The van der Waals surface area contributed by atoms with Gasteiger partial charge in [0.2, 0.25) is 0 Å². The minimum Gasteiger partial charge on any atom is -0.508 e. The number of aromatic amines is 1. The highest BCUT2D eigenvalue weighted by atomic mass is 19.1. The molecule has 2 aromatic carbocycles. The molecule has 3 rings (SSSR count). The predicted molar refractivity (Wildman–Crippen MR) is 84.1 cm³/mol. The van der Waals surface area contributed by atoms with Crippen LogP contribution >= 0.6 is 0 Å². The van der Waals surface area contributed by atoms with Crippen molar-refractivity contribution in [2.75, 3.05) is 7.05 Å². The van der Waals surface area contributed by atoms with Crippen LogP contribution in [0.2, 0.25) is 0 Å². The molecule has 1 heterocycles. The fraction of sp³-hybridized carbons (Fsp3) is 0.235. The molecule has 22 heavy (non-hydrogen) atoms. The van der Waals surface area contributed by atoms with E-state index in [2.05, 4.69) is 9.97 Å². The number of H-pyrrole nitrogens is 1. The summed E-state index contributed by atoms with van der Waals surface area (Å²) in [5, 5.41) is 9.90. The molecule has 0 aliphatic carbocycles. The molecule has 5 heteroatoms. The standard InChI is InChI=1S/C17H18FN3O/c1-11-3-6-16(22)12(7-11)9-21(2)10-17-19-14-5-4-13(18)8-15(14)20-17/h3-8,22H,9-10H2,1-2H3,(H,19,20). The van der Waals surface area contributed by atoms with E-state index in [-0.39, 0.29) is 5.82 Å². The Morgan fingerprint density at radius 1 is 1.18 bits per heavy atom. The van der Waals surface area contributed by atoms with Crippen LogP contribution in [0.4, 0.5) is 4.39 Å². The van der Waals surface area contributed by atoms with Crippen molar-refractivity contribution in [2.45, 2.75) is 20.0 Å². The molecular weight excluding hydrogens is 281 g/mol. The van der Waals surface area contributed by atoms with Crippen molar-refractivity contribution in [1.82, 2.24) is 14.9 Å². The van der Waals surface area contributed by atoms with Crippen LogP contribution in [0, 0.1) is 12.7 Å². The van der Waals surface area contributed by atoms with E-state index < -0.39 is 0 Å². The third-order valence-electron chi connectivity index (χ3n) is 3.59. The number of halogens is 1. The average molecular weight is 299 g/mol. The minimum absolute atomic E-state index is 0.277. The Morgan fingerprint density at radius 3 is 2.82 bits per heavy atom. The van der Waals surface area contributed by atoms with Crippen molar-refractivity contribution in [3.05, 3.63) is 59.2 Å². The maximum Gasteiger partial charge on any atom is 0.125 e. The van der Waals surface area contributed by atoms with Crippen molar-refractivity contribution in [2.24, 2.45) is 0 Å². The Balaban J connectivity index is 1.75. The molecule has 0 amide bonds. The first kappa shape index (κ1) is 14.5. The summed E-state index contributed by atoms with van der Waals surface area (Å²) in [5.74, 6) is 0.792. The lowest BCUT2D eigenvalue weighted by molar-refractivity contribution is 0.306. The molecule has 0 radical (unpaired) electrons. The first-order valence-corrected chi connectivity index (χ1v) is 7.12. The van der Waals surface area contributed by atoms with E-state index in [1.807, 2.05) is 31.0 Å². The number of nitrogens with zero attached hydrogens (tertiary/aromatic N) is 2. The number of benzene rings is 2. The molecule has 0 aliphatic heterocycles. The first-order chi connectivity index (χ1) is 10.5. The maximum absolute atomic E-state index is 13.2. The molecule has 0 aliphatic rings. The number of hydrogen-bond acceptors (Lipinski definition) is 3. The fourth-order valence-corrected chi connectivity index (χ4v) is 2.55. The molecule has 0 fully saturated rings. The third-order valence-corrected chi connectivity index (χ3v) is 3.59. The molecule has 0 bridgehead atoms. The van der Waals surface area contributed by atoms with E-state index in [1.165, 1.54) is 12.1 Å². The van der Waals surface area contributed by atoms with Gasteiger partial charge in [-0.15, -0.1) is 0 Å². The van der Waals surface area contributed by atoms with Crippen molar-refractivity contribution < 1.29 is 9.50 Å². The van der Waals surface area contributed by atoms with Gasteiger partial charge >= 0.3 is 0 Å². The number of phenols is 1. The number of aromatic hydroxyl groups is 1. The Morgan fingerprint density at radius 2 is 2.00 bits per heavy atom. The van der Waals surface area contributed by atoms with Crippen molar-refractivity contribution >= 4 is 11.0 Å². The molecule has 2 N–H and O–H groups in total. The van der Waals surface area contributed by atoms with Crippen LogP contribution in [0.5, 0.6) is 5.75 Å². The van der Waals surface area contributed by atoms with Gasteiger partial charge < -0.3 is 10.1 Å². The second-order valence-corrected chi connectivity index (χ2v) is 5.65. The minimum atomic E-state index is -0.277. The summed E-state index contributed by atoms with van der Waals surface area (Å²) in [6, 6.07) is 10.1. The molecule has 114 valence electrons. The van der Waals surface area contributed by atoms with E-state index in [0.717, 1.165) is 22.5 Å². The summed E-state index contributed by atoms with van der Waals surface area (Å²) in [6.45, 7) is 3.19. The second-order valence-electron chi connectivity index (χ2n) is 5.65. The Kier molecular flexibility index (Phi) is 3.81. The van der Waals surface area contributed by atoms with Gasteiger partial charge in [0.25, 0.3) is 0 Å². The fourth-order valence-electron chi connectivity index (χ4n) is 2.55. The van der Waals surface area contributed by atoms with Gasteiger partial charge in [0.1, 0.15) is 17.4 Å². The van der Waals surface area contributed by atoms with E-state index in [4.69, 9.17) is 0 Å². The number of imidazole rings is 1. The van der Waals surface area contributed by atoms with Crippen LogP contribution in [-0.4, -0.2) is 27.0 Å². The van der Waals surface area contributed by atoms with E-state index in [9.17, 15) is 9.50 Å². The molecule has 0 unspecified atom stereocenters. The largest absolute Gasteiger partial charge is 0.508 e. The van der Waals surface area contributed by atoms with Gasteiger partial charge in [-0.25, -0.2) is 9.37 Å². The van der Waals surface area contributed by atoms with Crippen molar-refractivity contribution in [3.63, 3.8) is 0 Å². The van der Waals surface area contributed by atoms with Crippen molar-refractivity contribution in [3.8, 4) is 5.75 Å². The molecule has 0 saturated heterocycles. The number of phenolic OH excluding ortho intramolecular Hbond substituents is 1. The van der Waals surface area contributed by atoms with Gasteiger partial charge in [-0.2, -0.15) is 0 Å². The van der Waals surface area contributed by atoms with Crippen LogP contribution in [0.15, 0.2) is 36.4 Å². The summed E-state index contributed by atoms with van der Waals surface area (Å²) in [5.41, 5.74) is 3.44. The van der Waals surface area contributed by atoms with Gasteiger partial charge in [-0.3, -0.25) is 4.90 Å². The molecular formula is C17H18FN3O. The zero-order chi connectivity index (χ0) is 15.7. The number of fused-ring (bicyclic) bond motifs is 1. The van der Waals surface area contributed by atoms with Gasteiger partial charge in [-0.1, -0.05) is 17.7 Å². The highest BCUT2D eigenvalue weighted by Gasteiger charge is 2.09. The van der Waals surface area contributed by atoms with Crippen molar-refractivity contribution in [1.29, 1.82) is 0 Å². The van der Waals surface area contributed by atoms with Gasteiger partial charge in [0.15, 0.2) is 0 Å². The lowest BCUT2D eigenvalue weighted by atomic mass is 10.1. The summed E-state index contributed by atoms with van der Waals surface area (Å²) < 4.78 is 13.2. The summed E-state index contributed by atoms with van der Waals surface area (Å²) in [4.78, 5) is 9.62. The smallest absolute Gasteiger partial charge is 0.125 e. The van der Waals surface area contributed by atoms with E-state index >= 15 is 0 Å². The Labute approximate surface area is 128 Å². The molecule has 3 aromatic rings. The van der Waals surface area contributed by atoms with E-state index in [1.54, 1.807) is 12.1 Å². The summed E-state index contributed by atoms with van der Waals surface area (Å²) in [6.07, 6.45) is 0. The first-order valence-electron chi connectivity index (χ1n) is 7.12. The highest BCUT2D eigenvalue weighted by Crippen LogP contribution is 2.20. The second kappa shape index (κ2) is 5.77. The van der Waals surface area contributed by atoms with Crippen LogP contribution < -0.4 is 0 Å². The highest BCUT2D eigenvalue weighted by molar-refractivity contribution is 5.74. The normalized spacial score (nSPS) is 11.5. The monoisotopic (exact) mass is 299 g/mol. The lowest BCUT2D eigenvalue weighted by Crippen LogP contribution is -2.18. The maximum atomic E-state index is 13.2. The summed E-state index contributed by atoms with van der Waals surface area (Å²) >= 11 is 0. The lowest BCUT2D eigenvalue weighted by Gasteiger charge is -2.16. The number of rotatable bonds is 4. The van der Waals surface area contributed by atoms with Crippen LogP contribution in [0.25, 0.3) is 11.0 Å². The summed E-state index contributed by atoms with van der Waals surface area (Å²) in [7, 11) is 1.95. The molecule has 0 atom stereocenters. The van der Waals surface area contributed by atoms with Crippen LogP contribution in [0.3, 0.4) is 0 Å². The average Bonchev–Trinajstić information content (AvgIpc) is 2.84. The van der Waals surface area contributed by atoms with Crippen LogP contribution in [-0.2, 0) is 13.1 Å². The number of hydrogen-bond donors (Lipinski definition) is 2. The number of aromatic nitrogens is 2. The quantitative estimate of drug-likeness (QED) is 0.777. The van der Waals surface area contributed by atoms with Gasteiger partial charge in [-0.05, 0) is 38.2 Å². The third kappa shape index (κ3) is 3.09. The molecule has 1 aromatic heterocycles. The SMILES string of the molecule is Cc1ccc(O)c(CN(C)Cc2nc3ccc(F)cc3[nH]2)c1. The van der Waals surface area contributed by atoms with Gasteiger partial charge in [0, 0.05) is 12.1 Å². The Bertz CT molecular complexity index is 813. The molecule has 0 spiro atoms.